The molecule has 0 amide bonds. The maximum absolute atomic E-state index is 11.2. The Kier molecular flexibility index (Phi) is 3.48. The van der Waals surface area contributed by atoms with Crippen molar-refractivity contribution < 1.29 is 19.4 Å². The van der Waals surface area contributed by atoms with Gasteiger partial charge in [0.25, 0.3) is 0 Å². The van der Waals surface area contributed by atoms with E-state index in [9.17, 15) is 15.0 Å². The van der Waals surface area contributed by atoms with Gasteiger partial charge in [-0.2, -0.15) is 0 Å². The normalized spacial score (nSPS) is 11.6. The maximum Gasteiger partial charge on any atom is 0.339 e. The number of fused-ring (bicyclic) bond motifs is 1. The molecule has 2 N–H and O–H groups in total. The summed E-state index contributed by atoms with van der Waals surface area (Å²) in [4.78, 5) is 11.2. The first-order chi connectivity index (χ1) is 9.19. The number of carboxylic acids is 1. The molecule has 5 heteroatoms. The Morgan fingerprint density at radius 2 is 1.80 bits per heavy atom. The lowest BCUT2D eigenvalue weighted by Crippen LogP contribution is -2.29. The quantitative estimate of drug-likeness (QED) is 0.844. The minimum Gasteiger partial charge on any atom is -0.544 e. The molecule has 0 aromatic heterocycles. The molecule has 106 valence electrons. The molecular formula is C15H18O4Si. The lowest BCUT2D eigenvalue weighted by molar-refractivity contribution is 0.0693. The Hall–Kier alpha value is -2.01. The molecule has 0 unspecified atom stereocenters. The van der Waals surface area contributed by atoms with Crippen molar-refractivity contribution in [3.63, 3.8) is 0 Å². The lowest BCUT2D eigenvalue weighted by Gasteiger charge is -2.22. The van der Waals surface area contributed by atoms with Crippen LogP contribution in [0.1, 0.15) is 15.9 Å². The van der Waals surface area contributed by atoms with Crippen LogP contribution in [0.25, 0.3) is 10.8 Å². The molecule has 0 heterocycles. The van der Waals surface area contributed by atoms with Gasteiger partial charge in [-0.15, -0.1) is 0 Å². The summed E-state index contributed by atoms with van der Waals surface area (Å²) in [5.41, 5.74) is 0.898. The highest BCUT2D eigenvalue weighted by Crippen LogP contribution is 2.37. The van der Waals surface area contributed by atoms with Gasteiger partial charge in [-0.3, -0.25) is 0 Å². The Bertz CT molecular complexity index is 686. The van der Waals surface area contributed by atoms with Crippen LogP contribution in [0.3, 0.4) is 0 Å². The van der Waals surface area contributed by atoms with Crippen LogP contribution in [-0.2, 0) is 0 Å². The number of rotatable bonds is 3. The van der Waals surface area contributed by atoms with Crippen molar-refractivity contribution in [2.75, 3.05) is 0 Å². The van der Waals surface area contributed by atoms with Crippen LogP contribution < -0.4 is 4.43 Å². The summed E-state index contributed by atoms with van der Waals surface area (Å²) in [6, 6.07) is 6.88. The van der Waals surface area contributed by atoms with Crippen molar-refractivity contribution >= 4 is 25.1 Å². The van der Waals surface area contributed by atoms with E-state index >= 15 is 0 Å². The molecule has 2 aromatic rings. The molecule has 0 bridgehead atoms. The highest BCUT2D eigenvalue weighted by Gasteiger charge is 2.22. The fourth-order valence-corrected chi connectivity index (χ4v) is 2.90. The van der Waals surface area contributed by atoms with Gasteiger partial charge in [0.05, 0.1) is 0 Å². The number of hydrogen-bond donors (Lipinski definition) is 2. The van der Waals surface area contributed by atoms with E-state index in [2.05, 4.69) is 0 Å². The first-order valence-corrected chi connectivity index (χ1v) is 9.78. The van der Waals surface area contributed by atoms with Crippen molar-refractivity contribution in [1.29, 1.82) is 0 Å². The number of hydrogen-bond acceptors (Lipinski definition) is 3. The molecule has 0 fully saturated rings. The lowest BCUT2D eigenvalue weighted by atomic mass is 10.0. The summed E-state index contributed by atoms with van der Waals surface area (Å²) in [6.07, 6.45) is 0. The molecule has 0 saturated carbocycles. The van der Waals surface area contributed by atoms with Crippen molar-refractivity contribution in [3.05, 3.63) is 35.4 Å². The molecule has 0 saturated heterocycles. The average molecular weight is 290 g/mol. The van der Waals surface area contributed by atoms with Gasteiger partial charge in [0.15, 0.2) is 0 Å². The number of phenols is 1. The van der Waals surface area contributed by atoms with Crippen LogP contribution in [0, 0.1) is 6.92 Å². The maximum atomic E-state index is 11.2. The van der Waals surface area contributed by atoms with E-state index in [1.165, 1.54) is 6.07 Å². The fourth-order valence-electron chi connectivity index (χ4n) is 2.07. The third-order valence-electron chi connectivity index (χ3n) is 2.87. The van der Waals surface area contributed by atoms with Gasteiger partial charge in [0.1, 0.15) is 17.1 Å². The van der Waals surface area contributed by atoms with Gasteiger partial charge in [-0.05, 0) is 38.7 Å². The molecular weight excluding hydrogens is 272 g/mol. The standard InChI is InChI=1S/C15H18O4Si/c1-9-5-6-10-11(7-9)13(19-20(2,3)4)8-12(14(10)16)15(17)18/h5-8,16H,1-4H3,(H,17,18). The molecule has 0 aliphatic carbocycles. The van der Waals surface area contributed by atoms with Gasteiger partial charge in [-0.1, -0.05) is 17.7 Å². The zero-order valence-electron chi connectivity index (χ0n) is 12.0. The second-order valence-corrected chi connectivity index (χ2v) is 10.3. The van der Waals surface area contributed by atoms with E-state index in [0.29, 0.717) is 11.1 Å². The van der Waals surface area contributed by atoms with E-state index in [-0.39, 0.29) is 11.3 Å². The van der Waals surface area contributed by atoms with Crippen LogP contribution in [-0.4, -0.2) is 24.5 Å². The van der Waals surface area contributed by atoms with Crippen LogP contribution in [0.2, 0.25) is 19.6 Å². The molecule has 0 aliphatic rings. The molecule has 2 aromatic carbocycles. The monoisotopic (exact) mass is 290 g/mol. The average Bonchev–Trinajstić information content (AvgIpc) is 2.30. The second-order valence-electron chi connectivity index (χ2n) is 5.84. The molecule has 20 heavy (non-hydrogen) atoms. The third kappa shape index (κ3) is 2.77. The van der Waals surface area contributed by atoms with Gasteiger partial charge >= 0.3 is 5.97 Å². The summed E-state index contributed by atoms with van der Waals surface area (Å²) < 4.78 is 5.98. The number of benzene rings is 2. The highest BCUT2D eigenvalue weighted by atomic mass is 28.4. The number of aromatic carboxylic acids is 1. The summed E-state index contributed by atoms with van der Waals surface area (Å²) >= 11 is 0. The van der Waals surface area contributed by atoms with E-state index < -0.39 is 14.3 Å². The third-order valence-corrected chi connectivity index (χ3v) is 3.71. The van der Waals surface area contributed by atoms with E-state index in [1.54, 1.807) is 6.07 Å². The largest absolute Gasteiger partial charge is 0.544 e. The Morgan fingerprint density at radius 1 is 1.15 bits per heavy atom. The smallest absolute Gasteiger partial charge is 0.339 e. The van der Waals surface area contributed by atoms with Crippen molar-refractivity contribution in [3.8, 4) is 11.5 Å². The molecule has 0 atom stereocenters. The van der Waals surface area contributed by atoms with E-state index in [0.717, 1.165) is 10.9 Å². The molecule has 0 radical (unpaired) electrons. The summed E-state index contributed by atoms with van der Waals surface area (Å²) in [7, 11) is -1.88. The number of carbonyl (C=O) groups is 1. The summed E-state index contributed by atoms with van der Waals surface area (Å²) in [6.45, 7) is 8.03. The van der Waals surface area contributed by atoms with Crippen molar-refractivity contribution in [1.82, 2.24) is 0 Å². The fraction of sp³-hybridized carbons (Fsp3) is 0.267. The first kappa shape index (κ1) is 14.4. The van der Waals surface area contributed by atoms with Crippen LogP contribution >= 0.6 is 0 Å². The molecule has 4 nitrogen and oxygen atoms in total. The van der Waals surface area contributed by atoms with Gasteiger partial charge < -0.3 is 14.6 Å². The zero-order valence-corrected chi connectivity index (χ0v) is 13.0. The van der Waals surface area contributed by atoms with Crippen molar-refractivity contribution in [2.24, 2.45) is 0 Å². The molecule has 0 aliphatic heterocycles. The molecule has 2 rings (SSSR count). The number of aryl methyl sites for hydroxylation is 1. The Balaban J connectivity index is 2.79. The van der Waals surface area contributed by atoms with E-state index in [1.807, 2.05) is 38.7 Å². The van der Waals surface area contributed by atoms with E-state index in [4.69, 9.17) is 4.43 Å². The highest BCUT2D eigenvalue weighted by molar-refractivity contribution is 6.70. The Labute approximate surface area is 118 Å². The summed E-state index contributed by atoms with van der Waals surface area (Å²) in [5, 5.41) is 20.6. The number of aromatic hydroxyl groups is 1. The second kappa shape index (κ2) is 4.83. The van der Waals surface area contributed by atoms with Crippen LogP contribution in [0.4, 0.5) is 0 Å². The number of carboxylic acid groups (broad SMARTS) is 1. The topological polar surface area (TPSA) is 66.8 Å². The Morgan fingerprint density at radius 3 is 2.35 bits per heavy atom. The SMILES string of the molecule is Cc1ccc2c(O)c(C(=O)O)cc(O[Si](C)(C)C)c2c1. The minimum atomic E-state index is -1.88. The van der Waals surface area contributed by atoms with Crippen molar-refractivity contribution in [2.45, 2.75) is 26.6 Å². The zero-order chi connectivity index (χ0) is 15.1. The van der Waals surface area contributed by atoms with Gasteiger partial charge in [0, 0.05) is 10.8 Å². The van der Waals surface area contributed by atoms with Crippen LogP contribution in [0.15, 0.2) is 24.3 Å². The predicted molar refractivity (Wildman–Crippen MR) is 81.3 cm³/mol. The minimum absolute atomic E-state index is 0.130. The van der Waals surface area contributed by atoms with Gasteiger partial charge in [0.2, 0.25) is 8.32 Å². The summed E-state index contributed by atoms with van der Waals surface area (Å²) in [5.74, 6) is -0.848. The predicted octanol–water partition coefficient (Wildman–Crippen LogP) is 3.77. The first-order valence-electron chi connectivity index (χ1n) is 6.37. The van der Waals surface area contributed by atoms with Gasteiger partial charge in [-0.25, -0.2) is 4.79 Å². The van der Waals surface area contributed by atoms with Crippen LogP contribution in [0.5, 0.6) is 11.5 Å². The molecule has 0 spiro atoms.